The van der Waals surface area contributed by atoms with Gasteiger partial charge in [-0.2, -0.15) is 0 Å². The minimum Gasteiger partial charge on any atom is -0.502 e. The molecule has 2 aromatic rings. The zero-order valence-corrected chi connectivity index (χ0v) is 12.2. The smallest absolute Gasteiger partial charge is 0.371 e. The van der Waals surface area contributed by atoms with E-state index in [9.17, 15) is 22.4 Å². The van der Waals surface area contributed by atoms with Crippen molar-refractivity contribution in [3.8, 4) is 0 Å². The third-order valence-electron chi connectivity index (χ3n) is 2.84. The molecule has 0 atom stereocenters. The predicted molar refractivity (Wildman–Crippen MR) is 75.3 cm³/mol. The van der Waals surface area contributed by atoms with Crippen LogP contribution in [0.4, 0.5) is 4.39 Å². The monoisotopic (exact) mass is 339 g/mol. The van der Waals surface area contributed by atoms with E-state index in [1.807, 2.05) is 0 Å². The number of allylic oxidation sites excluding steroid dienone is 1. The summed E-state index contributed by atoms with van der Waals surface area (Å²) < 4.78 is 37.4. The van der Waals surface area contributed by atoms with Crippen LogP contribution in [0.1, 0.15) is 10.5 Å². The van der Waals surface area contributed by atoms with Crippen molar-refractivity contribution in [3.05, 3.63) is 59.9 Å². The normalized spacial score (nSPS) is 12.1. The summed E-state index contributed by atoms with van der Waals surface area (Å²) >= 11 is 0. The third kappa shape index (κ3) is 3.46. The van der Waals surface area contributed by atoms with E-state index in [1.165, 1.54) is 0 Å². The Bertz CT molecular complexity index is 896. The lowest BCUT2D eigenvalue weighted by Gasteiger charge is -2.01. The van der Waals surface area contributed by atoms with E-state index >= 15 is 0 Å². The van der Waals surface area contributed by atoms with Crippen LogP contribution < -0.4 is 0 Å². The summed E-state index contributed by atoms with van der Waals surface area (Å²) in [4.78, 5) is 24.1. The molecule has 120 valence electrons. The van der Waals surface area contributed by atoms with E-state index in [1.54, 1.807) is 0 Å². The maximum atomic E-state index is 12.9. The Labute approximate surface area is 129 Å². The number of sulfone groups is 1. The number of nitrogens with one attached hydrogen (secondary N) is 1. The fourth-order valence-electron chi connectivity index (χ4n) is 1.69. The third-order valence-corrected chi connectivity index (χ3v) is 4.59. The summed E-state index contributed by atoms with van der Waals surface area (Å²) in [6.45, 7) is 0. The standard InChI is InChI=1S/C14H10FNO6S/c15-8-1-3-9(4-2-8)23(21,22)10-5-11(16-7-10)12(17)6-13(18)14(19)20/h1-7,16,18H,(H,19,20)/b13-6-. The Balaban J connectivity index is 2.35. The number of ketones is 1. The molecular formula is C14H10FNO6S. The molecule has 9 heteroatoms. The van der Waals surface area contributed by atoms with Crippen molar-refractivity contribution in [2.24, 2.45) is 0 Å². The summed E-state index contributed by atoms with van der Waals surface area (Å²) in [5.74, 6) is -4.37. The van der Waals surface area contributed by atoms with Gasteiger partial charge in [0.1, 0.15) is 5.82 Å². The SMILES string of the molecule is O=C(O)/C(O)=C/C(=O)c1cc(S(=O)(=O)c2ccc(F)cc2)c[nH]1. The number of halogens is 1. The van der Waals surface area contributed by atoms with Gasteiger partial charge in [-0.1, -0.05) is 0 Å². The van der Waals surface area contributed by atoms with Gasteiger partial charge in [-0.15, -0.1) is 0 Å². The van der Waals surface area contributed by atoms with Gasteiger partial charge in [-0.3, -0.25) is 4.79 Å². The molecule has 1 aromatic heterocycles. The van der Waals surface area contributed by atoms with E-state index in [2.05, 4.69) is 4.98 Å². The molecule has 7 nitrogen and oxygen atoms in total. The first-order chi connectivity index (χ1) is 10.7. The molecule has 0 bridgehead atoms. The second-order valence-corrected chi connectivity index (χ2v) is 6.36. The molecule has 23 heavy (non-hydrogen) atoms. The molecule has 0 unspecified atom stereocenters. The number of aliphatic carboxylic acids is 1. The van der Waals surface area contributed by atoms with Crippen molar-refractivity contribution >= 4 is 21.6 Å². The number of rotatable bonds is 5. The molecule has 0 fully saturated rings. The van der Waals surface area contributed by atoms with Crippen molar-refractivity contribution in [2.45, 2.75) is 9.79 Å². The molecule has 0 aliphatic heterocycles. The highest BCUT2D eigenvalue weighted by atomic mass is 32.2. The molecule has 0 aliphatic rings. The first-order valence-electron chi connectivity index (χ1n) is 6.09. The highest BCUT2D eigenvalue weighted by Gasteiger charge is 2.21. The summed E-state index contributed by atoms with van der Waals surface area (Å²) in [6.07, 6.45) is 1.49. The Morgan fingerprint density at radius 2 is 1.70 bits per heavy atom. The number of hydrogen-bond donors (Lipinski definition) is 3. The van der Waals surface area contributed by atoms with Gasteiger partial charge in [0.15, 0.2) is 0 Å². The van der Waals surface area contributed by atoms with E-state index in [4.69, 9.17) is 10.2 Å². The highest BCUT2D eigenvalue weighted by Crippen LogP contribution is 2.22. The molecule has 0 spiro atoms. The van der Waals surface area contributed by atoms with E-state index in [0.717, 1.165) is 36.5 Å². The summed E-state index contributed by atoms with van der Waals surface area (Å²) in [5.41, 5.74) is -0.224. The molecular weight excluding hydrogens is 329 g/mol. The maximum absolute atomic E-state index is 12.9. The second kappa shape index (κ2) is 6.05. The van der Waals surface area contributed by atoms with Crippen molar-refractivity contribution in [2.75, 3.05) is 0 Å². The van der Waals surface area contributed by atoms with Crippen molar-refractivity contribution in [3.63, 3.8) is 0 Å². The van der Waals surface area contributed by atoms with Crippen molar-refractivity contribution in [1.82, 2.24) is 4.98 Å². The van der Waals surface area contributed by atoms with Crippen LogP contribution in [-0.2, 0) is 14.6 Å². The van der Waals surface area contributed by atoms with Crippen LogP contribution in [0.25, 0.3) is 0 Å². The number of carbonyl (C=O) groups excluding carboxylic acids is 1. The Hall–Kier alpha value is -2.94. The molecule has 0 saturated carbocycles. The van der Waals surface area contributed by atoms with Crippen molar-refractivity contribution in [1.29, 1.82) is 0 Å². The molecule has 3 N–H and O–H groups in total. The maximum Gasteiger partial charge on any atom is 0.371 e. The molecule has 1 aromatic carbocycles. The van der Waals surface area contributed by atoms with Gasteiger partial charge in [-0.05, 0) is 30.3 Å². The van der Waals surface area contributed by atoms with Gasteiger partial charge in [-0.25, -0.2) is 17.6 Å². The second-order valence-electron chi connectivity index (χ2n) is 4.41. The summed E-state index contributed by atoms with van der Waals surface area (Å²) in [6, 6.07) is 5.12. The van der Waals surface area contributed by atoms with Crippen molar-refractivity contribution < 1.29 is 32.6 Å². The number of aromatic amines is 1. The van der Waals surface area contributed by atoms with E-state index in [-0.39, 0.29) is 15.5 Å². The van der Waals surface area contributed by atoms with Gasteiger partial charge in [0.2, 0.25) is 21.4 Å². The fourth-order valence-corrected chi connectivity index (χ4v) is 2.94. The molecule has 0 amide bonds. The van der Waals surface area contributed by atoms with Gasteiger partial charge in [0.05, 0.1) is 15.5 Å². The number of aliphatic hydroxyl groups excluding tert-OH is 1. The number of carboxylic acids is 1. The summed E-state index contributed by atoms with van der Waals surface area (Å²) in [5, 5.41) is 17.5. The van der Waals surface area contributed by atoms with Gasteiger partial charge in [0.25, 0.3) is 0 Å². The molecule has 0 saturated heterocycles. The molecule has 1 heterocycles. The fraction of sp³-hybridized carbons (Fsp3) is 0. The predicted octanol–water partition coefficient (Wildman–Crippen LogP) is 1.70. The van der Waals surface area contributed by atoms with Crippen LogP contribution >= 0.6 is 0 Å². The van der Waals surface area contributed by atoms with Crippen LogP contribution in [0.2, 0.25) is 0 Å². The van der Waals surface area contributed by atoms with Crippen LogP contribution in [0.15, 0.2) is 58.2 Å². The van der Waals surface area contributed by atoms with E-state index in [0.29, 0.717) is 6.08 Å². The number of aromatic nitrogens is 1. The van der Waals surface area contributed by atoms with Crippen LogP contribution in [0, 0.1) is 5.82 Å². The lowest BCUT2D eigenvalue weighted by atomic mass is 10.2. The minimum absolute atomic E-state index is 0.166. The lowest BCUT2D eigenvalue weighted by molar-refractivity contribution is -0.135. The first kappa shape index (κ1) is 16.4. The van der Waals surface area contributed by atoms with Crippen LogP contribution in [0.3, 0.4) is 0 Å². The van der Waals surface area contributed by atoms with Gasteiger partial charge >= 0.3 is 5.97 Å². The number of carboxylic acid groups (broad SMARTS) is 1. The first-order valence-corrected chi connectivity index (χ1v) is 7.57. The molecule has 0 radical (unpaired) electrons. The molecule has 0 aliphatic carbocycles. The number of aliphatic hydroxyl groups is 1. The minimum atomic E-state index is -3.96. The summed E-state index contributed by atoms with van der Waals surface area (Å²) in [7, 11) is -3.96. The topological polar surface area (TPSA) is 125 Å². The zero-order chi connectivity index (χ0) is 17.2. The highest BCUT2D eigenvalue weighted by molar-refractivity contribution is 7.91. The Morgan fingerprint density at radius 1 is 1.09 bits per heavy atom. The quantitative estimate of drug-likeness (QED) is 0.329. The lowest BCUT2D eigenvalue weighted by Crippen LogP contribution is -2.04. The zero-order valence-electron chi connectivity index (χ0n) is 11.4. The van der Waals surface area contributed by atoms with Crippen LogP contribution in [0.5, 0.6) is 0 Å². The van der Waals surface area contributed by atoms with Crippen LogP contribution in [-0.4, -0.2) is 35.4 Å². The Kier molecular flexibility index (Phi) is 4.32. The largest absolute Gasteiger partial charge is 0.502 e. The van der Waals surface area contributed by atoms with Gasteiger partial charge < -0.3 is 15.2 Å². The number of benzene rings is 1. The Morgan fingerprint density at radius 3 is 2.26 bits per heavy atom. The number of carbonyl (C=O) groups is 2. The van der Waals surface area contributed by atoms with Gasteiger partial charge in [0, 0.05) is 12.3 Å². The number of hydrogen-bond acceptors (Lipinski definition) is 5. The average Bonchev–Trinajstić information content (AvgIpc) is 2.98. The average molecular weight is 339 g/mol. The molecule has 2 rings (SSSR count). The number of H-pyrrole nitrogens is 1. The van der Waals surface area contributed by atoms with E-state index < -0.39 is 33.2 Å².